The number of hydrogen-bond acceptors (Lipinski definition) is 2. The Morgan fingerprint density at radius 3 is 1.75 bits per heavy atom. The number of hydrogen-bond donors (Lipinski definition) is 0. The molecule has 4 heteroatoms. The summed E-state index contributed by atoms with van der Waals surface area (Å²) in [6.07, 6.45) is 3.94. The van der Waals surface area contributed by atoms with Crippen LogP contribution in [-0.4, -0.2) is 40.4 Å². The Bertz CT molecular complexity index is 288. The van der Waals surface area contributed by atoms with Crippen molar-refractivity contribution in [2.45, 2.75) is 51.6 Å². The van der Waals surface area contributed by atoms with Crippen LogP contribution in [0.4, 0.5) is 0 Å². The molecule has 2 saturated heterocycles. The van der Waals surface area contributed by atoms with Crippen molar-refractivity contribution in [2.75, 3.05) is 13.1 Å². The largest absolute Gasteiger partial charge is 0.320 e. The van der Waals surface area contributed by atoms with E-state index in [9.17, 15) is 9.59 Å². The van der Waals surface area contributed by atoms with E-state index in [4.69, 9.17) is 0 Å². The molecule has 0 aromatic heterocycles. The zero-order chi connectivity index (χ0) is 11.8. The van der Waals surface area contributed by atoms with Crippen LogP contribution in [0.25, 0.3) is 0 Å². The van der Waals surface area contributed by atoms with Crippen molar-refractivity contribution in [3.05, 3.63) is 0 Å². The minimum absolute atomic E-state index is 0.198. The molecule has 2 heterocycles. The molecule has 0 aromatic rings. The number of amides is 2. The van der Waals surface area contributed by atoms with E-state index in [2.05, 4.69) is 6.92 Å². The van der Waals surface area contributed by atoms with Gasteiger partial charge in [0.15, 0.2) is 0 Å². The van der Waals surface area contributed by atoms with Gasteiger partial charge in [-0.2, -0.15) is 0 Å². The van der Waals surface area contributed by atoms with Gasteiger partial charge >= 0.3 is 0 Å². The van der Waals surface area contributed by atoms with Gasteiger partial charge in [-0.1, -0.05) is 6.92 Å². The van der Waals surface area contributed by atoms with Crippen molar-refractivity contribution in [1.29, 1.82) is 0 Å². The van der Waals surface area contributed by atoms with Crippen LogP contribution in [0.3, 0.4) is 0 Å². The Hall–Kier alpha value is -1.06. The fraction of sp³-hybridized carbons (Fsp3) is 0.833. The Morgan fingerprint density at radius 1 is 1.06 bits per heavy atom. The van der Waals surface area contributed by atoms with Gasteiger partial charge in [0.05, 0.1) is 0 Å². The normalized spacial score (nSPS) is 22.4. The number of rotatable bonds is 3. The van der Waals surface area contributed by atoms with Crippen molar-refractivity contribution in [2.24, 2.45) is 0 Å². The first kappa shape index (κ1) is 11.4. The highest BCUT2D eigenvalue weighted by Crippen LogP contribution is 2.32. The van der Waals surface area contributed by atoms with Gasteiger partial charge in [-0.15, -0.1) is 0 Å². The molecule has 0 N–H and O–H groups in total. The maximum Gasteiger partial charge on any atom is 0.224 e. The summed E-state index contributed by atoms with van der Waals surface area (Å²) in [5.41, 5.74) is -0.388. The molecular weight excluding hydrogens is 204 g/mol. The molecule has 90 valence electrons. The Labute approximate surface area is 96.6 Å². The van der Waals surface area contributed by atoms with E-state index < -0.39 is 0 Å². The van der Waals surface area contributed by atoms with Gasteiger partial charge < -0.3 is 9.80 Å². The summed E-state index contributed by atoms with van der Waals surface area (Å²) in [5, 5.41) is 0. The number of carbonyl (C=O) groups is 2. The van der Waals surface area contributed by atoms with E-state index in [0.29, 0.717) is 12.8 Å². The lowest BCUT2D eigenvalue weighted by Crippen LogP contribution is -2.59. The number of likely N-dealkylation sites (tertiary alicyclic amines) is 2. The molecule has 4 nitrogen and oxygen atoms in total. The lowest BCUT2D eigenvalue weighted by molar-refractivity contribution is -0.150. The van der Waals surface area contributed by atoms with Crippen LogP contribution in [0, 0.1) is 0 Å². The summed E-state index contributed by atoms with van der Waals surface area (Å²) in [6.45, 7) is 5.68. The van der Waals surface area contributed by atoms with Crippen LogP contribution in [0.5, 0.6) is 0 Å². The minimum atomic E-state index is -0.388. The van der Waals surface area contributed by atoms with Gasteiger partial charge in [0, 0.05) is 25.9 Å². The predicted octanol–water partition coefficient (Wildman–Crippen LogP) is 1.36. The fourth-order valence-corrected chi connectivity index (χ4v) is 2.84. The molecular formula is C12H20N2O2. The van der Waals surface area contributed by atoms with Crippen molar-refractivity contribution < 1.29 is 9.59 Å². The van der Waals surface area contributed by atoms with Crippen molar-refractivity contribution in [1.82, 2.24) is 9.80 Å². The standard InChI is InChI=1S/C12H20N2O2/c1-3-12(2,13-8-4-6-10(13)15)14-9-5-7-11(14)16/h3-9H2,1-2H3. The maximum absolute atomic E-state index is 11.8. The maximum atomic E-state index is 11.8. The van der Waals surface area contributed by atoms with Crippen molar-refractivity contribution >= 4 is 11.8 Å². The van der Waals surface area contributed by atoms with Crippen molar-refractivity contribution in [3.8, 4) is 0 Å². The Balaban J connectivity index is 2.23. The monoisotopic (exact) mass is 224 g/mol. The molecule has 2 amide bonds. The molecule has 2 fully saturated rings. The molecule has 0 saturated carbocycles. The summed E-state index contributed by atoms with van der Waals surface area (Å²) in [4.78, 5) is 27.5. The van der Waals surface area contributed by atoms with Gasteiger partial charge in [0.1, 0.15) is 5.66 Å². The fourth-order valence-electron chi connectivity index (χ4n) is 2.84. The molecule has 16 heavy (non-hydrogen) atoms. The van der Waals surface area contributed by atoms with Crippen LogP contribution in [-0.2, 0) is 9.59 Å². The van der Waals surface area contributed by atoms with Crippen LogP contribution >= 0.6 is 0 Å². The molecule has 2 aliphatic rings. The molecule has 0 radical (unpaired) electrons. The summed E-state index contributed by atoms with van der Waals surface area (Å²) in [7, 11) is 0. The highest BCUT2D eigenvalue weighted by molar-refractivity contribution is 5.82. The highest BCUT2D eigenvalue weighted by Gasteiger charge is 2.44. The Kier molecular flexibility index (Phi) is 2.91. The third kappa shape index (κ3) is 1.60. The molecule has 0 aliphatic carbocycles. The van der Waals surface area contributed by atoms with Gasteiger partial charge in [-0.05, 0) is 26.2 Å². The average Bonchev–Trinajstić information content (AvgIpc) is 2.86. The molecule has 0 spiro atoms. The summed E-state index contributed by atoms with van der Waals surface area (Å²) in [5.74, 6) is 0.396. The van der Waals surface area contributed by atoms with Gasteiger partial charge in [0.25, 0.3) is 0 Å². The molecule has 0 aromatic carbocycles. The third-order valence-electron chi connectivity index (χ3n) is 3.98. The van der Waals surface area contributed by atoms with E-state index in [1.165, 1.54) is 0 Å². The number of nitrogens with zero attached hydrogens (tertiary/aromatic N) is 2. The zero-order valence-corrected chi connectivity index (χ0v) is 10.2. The summed E-state index contributed by atoms with van der Waals surface area (Å²) in [6, 6.07) is 0. The first-order valence-corrected chi connectivity index (χ1v) is 6.20. The highest BCUT2D eigenvalue weighted by atomic mass is 16.2. The molecule has 2 rings (SSSR count). The first-order valence-electron chi connectivity index (χ1n) is 6.20. The minimum Gasteiger partial charge on any atom is -0.320 e. The second-order valence-corrected chi connectivity index (χ2v) is 4.87. The van der Waals surface area contributed by atoms with E-state index in [-0.39, 0.29) is 17.5 Å². The second-order valence-electron chi connectivity index (χ2n) is 4.87. The lowest BCUT2D eigenvalue weighted by atomic mass is 10.1. The first-order chi connectivity index (χ1) is 7.59. The molecule has 0 unspecified atom stereocenters. The molecule has 2 aliphatic heterocycles. The van der Waals surface area contributed by atoms with E-state index in [0.717, 1.165) is 32.4 Å². The summed E-state index contributed by atoms with van der Waals surface area (Å²) >= 11 is 0. The second kappa shape index (κ2) is 4.07. The van der Waals surface area contributed by atoms with Crippen LogP contribution < -0.4 is 0 Å². The SMILES string of the molecule is CCC(C)(N1CCCC1=O)N1CCCC1=O. The smallest absolute Gasteiger partial charge is 0.224 e. The zero-order valence-electron chi connectivity index (χ0n) is 10.2. The molecule has 0 atom stereocenters. The third-order valence-corrected chi connectivity index (χ3v) is 3.98. The number of carbonyl (C=O) groups excluding carboxylic acids is 2. The lowest BCUT2D eigenvalue weighted by Gasteiger charge is -2.45. The van der Waals surface area contributed by atoms with E-state index in [1.807, 2.05) is 16.7 Å². The average molecular weight is 224 g/mol. The van der Waals surface area contributed by atoms with E-state index >= 15 is 0 Å². The van der Waals surface area contributed by atoms with Crippen LogP contribution in [0.1, 0.15) is 46.0 Å². The predicted molar refractivity (Wildman–Crippen MR) is 60.6 cm³/mol. The van der Waals surface area contributed by atoms with Crippen molar-refractivity contribution in [3.63, 3.8) is 0 Å². The van der Waals surface area contributed by atoms with E-state index in [1.54, 1.807) is 0 Å². The molecule has 0 bridgehead atoms. The Morgan fingerprint density at radius 2 is 1.50 bits per heavy atom. The van der Waals surface area contributed by atoms with Gasteiger partial charge in [0.2, 0.25) is 11.8 Å². The summed E-state index contributed by atoms with van der Waals surface area (Å²) < 4.78 is 0. The quantitative estimate of drug-likeness (QED) is 0.726. The van der Waals surface area contributed by atoms with Gasteiger partial charge in [-0.3, -0.25) is 9.59 Å². The topological polar surface area (TPSA) is 40.6 Å². The van der Waals surface area contributed by atoms with Gasteiger partial charge in [-0.25, -0.2) is 0 Å². The van der Waals surface area contributed by atoms with Crippen LogP contribution in [0.2, 0.25) is 0 Å². The van der Waals surface area contributed by atoms with Crippen LogP contribution in [0.15, 0.2) is 0 Å².